The third kappa shape index (κ3) is 2.62. The second kappa shape index (κ2) is 5.53. The molecule has 1 aromatic rings. The zero-order valence-electron chi connectivity index (χ0n) is 11.5. The van der Waals surface area contributed by atoms with Crippen LogP contribution in [0.15, 0.2) is 41.0 Å². The first kappa shape index (κ1) is 14.7. The number of benzene rings is 1. The van der Waals surface area contributed by atoms with Gasteiger partial charge in [-0.05, 0) is 36.8 Å². The third-order valence-corrected chi connectivity index (χ3v) is 3.79. The molecule has 1 N–H and O–H groups in total. The van der Waals surface area contributed by atoms with Crippen molar-refractivity contribution in [2.75, 3.05) is 5.32 Å². The van der Waals surface area contributed by atoms with Crippen LogP contribution in [0, 0.1) is 18.7 Å². The number of carbonyl (C=O) groups is 1. The summed E-state index contributed by atoms with van der Waals surface area (Å²) in [6, 6.07) is 2.54. The lowest BCUT2D eigenvalue weighted by Crippen LogP contribution is -2.28. The van der Waals surface area contributed by atoms with Crippen LogP contribution >= 0.6 is 11.6 Å². The van der Waals surface area contributed by atoms with Crippen LogP contribution in [0.3, 0.4) is 0 Å². The van der Waals surface area contributed by atoms with E-state index < -0.39 is 17.6 Å². The van der Waals surface area contributed by atoms with Gasteiger partial charge in [-0.25, -0.2) is 8.78 Å². The third-order valence-electron chi connectivity index (χ3n) is 3.48. The summed E-state index contributed by atoms with van der Waals surface area (Å²) in [5.74, 6) is -1.62. The predicted molar refractivity (Wildman–Crippen MR) is 78.7 cm³/mol. The molecule has 1 heterocycles. The lowest BCUT2D eigenvalue weighted by Gasteiger charge is -2.14. The zero-order chi connectivity index (χ0) is 15.9. The largest absolute Gasteiger partial charge is 0.360 e. The number of hydrogen-bond donors (Lipinski definition) is 1. The van der Waals surface area contributed by atoms with E-state index in [1.807, 2.05) is 0 Å². The molecule has 0 saturated carbocycles. The topological polar surface area (TPSA) is 50.7 Å². The number of aryl methyl sites for hydroxylation is 1. The minimum atomic E-state index is -0.603. The second-order valence-electron chi connectivity index (χ2n) is 5.04. The molecule has 4 nitrogen and oxygen atoms in total. The molecule has 0 saturated heterocycles. The van der Waals surface area contributed by atoms with Crippen molar-refractivity contribution in [3.63, 3.8) is 0 Å². The number of fused-ring (bicyclic) bond motifs is 1. The zero-order valence-corrected chi connectivity index (χ0v) is 12.2. The lowest BCUT2D eigenvalue weighted by molar-refractivity contribution is -0.110. The van der Waals surface area contributed by atoms with Crippen molar-refractivity contribution < 1.29 is 18.4 Å². The van der Waals surface area contributed by atoms with Crippen molar-refractivity contribution in [1.29, 1.82) is 0 Å². The highest BCUT2D eigenvalue weighted by atomic mass is 35.5. The van der Waals surface area contributed by atoms with Gasteiger partial charge in [-0.1, -0.05) is 16.8 Å². The summed E-state index contributed by atoms with van der Waals surface area (Å²) in [6.07, 6.45) is 2.72. The maximum absolute atomic E-state index is 13.6. The van der Waals surface area contributed by atoms with Crippen molar-refractivity contribution in [3.8, 4) is 0 Å². The highest BCUT2D eigenvalue weighted by Crippen LogP contribution is 2.33. The molecule has 1 atom stereocenters. The molecule has 114 valence electrons. The van der Waals surface area contributed by atoms with E-state index in [0.29, 0.717) is 11.3 Å². The molecule has 1 aliphatic heterocycles. The van der Waals surface area contributed by atoms with Gasteiger partial charge in [-0.15, -0.1) is 0 Å². The highest BCUT2D eigenvalue weighted by molar-refractivity contribution is 6.45. The predicted octanol–water partition coefficient (Wildman–Crippen LogP) is 3.87. The van der Waals surface area contributed by atoms with Crippen LogP contribution in [0.25, 0.3) is 0 Å². The molecule has 1 aromatic carbocycles. The Morgan fingerprint density at radius 2 is 2.18 bits per heavy atom. The average molecular weight is 325 g/mol. The maximum Gasteiger partial charge on any atom is 0.274 e. The van der Waals surface area contributed by atoms with E-state index in [4.69, 9.17) is 16.4 Å². The number of allylic oxidation sites excluding steroid dienone is 4. The first-order chi connectivity index (χ1) is 10.5. The fourth-order valence-electron chi connectivity index (χ4n) is 2.27. The molecule has 1 aliphatic carbocycles. The Bertz CT molecular complexity index is 756. The van der Waals surface area contributed by atoms with Gasteiger partial charge in [0.05, 0.1) is 16.6 Å². The summed E-state index contributed by atoms with van der Waals surface area (Å²) in [5, 5.41) is 6.36. The smallest absolute Gasteiger partial charge is 0.274 e. The number of nitrogens with zero attached hydrogens (tertiary/aromatic N) is 1. The maximum atomic E-state index is 13.6. The summed E-state index contributed by atoms with van der Waals surface area (Å²) in [7, 11) is 0. The molecular formula is C15H11ClF2N2O2. The number of hydrogen-bond acceptors (Lipinski definition) is 3. The Hall–Kier alpha value is -2.21. The van der Waals surface area contributed by atoms with Gasteiger partial charge in [0.15, 0.2) is 5.71 Å². The molecule has 0 aromatic heterocycles. The number of nitrogens with one attached hydrogen (secondary N) is 1. The summed E-state index contributed by atoms with van der Waals surface area (Å²) in [6.45, 7) is 1.57. The molecule has 22 heavy (non-hydrogen) atoms. The Morgan fingerprint density at radius 3 is 2.95 bits per heavy atom. The normalized spacial score (nSPS) is 19.6. The molecule has 0 spiro atoms. The number of oxime groups is 1. The van der Waals surface area contributed by atoms with Crippen LogP contribution in [0.5, 0.6) is 0 Å². The molecule has 1 amide bonds. The Balaban J connectivity index is 1.80. The summed E-state index contributed by atoms with van der Waals surface area (Å²) >= 11 is 5.98. The van der Waals surface area contributed by atoms with E-state index in [1.165, 1.54) is 18.2 Å². The number of rotatable bonds is 2. The Kier molecular flexibility index (Phi) is 3.70. The van der Waals surface area contributed by atoms with Crippen LogP contribution in [0.2, 0.25) is 5.02 Å². The number of halogens is 3. The van der Waals surface area contributed by atoms with Gasteiger partial charge in [0.2, 0.25) is 0 Å². The Labute approximate surface area is 130 Å². The van der Waals surface area contributed by atoms with E-state index in [-0.39, 0.29) is 28.7 Å². The van der Waals surface area contributed by atoms with Crippen molar-refractivity contribution in [2.24, 2.45) is 11.1 Å². The van der Waals surface area contributed by atoms with E-state index in [2.05, 4.69) is 10.5 Å². The monoisotopic (exact) mass is 324 g/mol. The number of anilines is 1. The molecular weight excluding hydrogens is 314 g/mol. The molecule has 0 radical (unpaired) electrons. The van der Waals surface area contributed by atoms with Gasteiger partial charge in [-0.2, -0.15) is 0 Å². The first-order valence-corrected chi connectivity index (χ1v) is 6.91. The van der Waals surface area contributed by atoms with Gasteiger partial charge in [-0.3, -0.25) is 4.79 Å². The number of carbonyl (C=O) groups excluding carboxylic acids is 1. The van der Waals surface area contributed by atoms with Crippen LogP contribution in [0.1, 0.15) is 12.0 Å². The average Bonchev–Trinajstić information content (AvgIpc) is 2.87. The van der Waals surface area contributed by atoms with Crippen LogP contribution in [-0.2, 0) is 9.63 Å². The summed E-state index contributed by atoms with van der Waals surface area (Å²) in [4.78, 5) is 17.3. The molecule has 0 bridgehead atoms. The van der Waals surface area contributed by atoms with E-state index in [9.17, 15) is 13.6 Å². The molecule has 7 heteroatoms. The van der Waals surface area contributed by atoms with Gasteiger partial charge < -0.3 is 10.2 Å². The minimum absolute atomic E-state index is 0.00801. The highest BCUT2D eigenvalue weighted by Gasteiger charge is 2.36. The SMILES string of the molecule is Cc1cc(Cl)c(NC(=O)C2=NOC3=CC=C(F)CC32)cc1F. The van der Waals surface area contributed by atoms with Crippen molar-refractivity contribution >= 4 is 28.9 Å². The fourth-order valence-corrected chi connectivity index (χ4v) is 2.54. The molecule has 0 fully saturated rings. The summed E-state index contributed by atoms with van der Waals surface area (Å²) in [5.41, 5.74) is 0.530. The molecule has 3 rings (SSSR count). The first-order valence-electron chi connectivity index (χ1n) is 6.54. The summed E-state index contributed by atoms with van der Waals surface area (Å²) < 4.78 is 26.9. The standard InChI is InChI=1S/C15H11ClF2N2O2/c1-7-4-10(16)12(6-11(7)18)19-15(21)14-9-5-8(17)2-3-13(9)22-20-14/h2-4,6,9H,5H2,1H3,(H,19,21). The van der Waals surface area contributed by atoms with Crippen LogP contribution in [0.4, 0.5) is 14.5 Å². The van der Waals surface area contributed by atoms with E-state index in [0.717, 1.165) is 6.07 Å². The van der Waals surface area contributed by atoms with Gasteiger partial charge >= 0.3 is 0 Å². The van der Waals surface area contributed by atoms with Gasteiger partial charge in [0, 0.05) is 6.42 Å². The van der Waals surface area contributed by atoms with Gasteiger partial charge in [0.1, 0.15) is 17.4 Å². The van der Waals surface area contributed by atoms with Crippen molar-refractivity contribution in [2.45, 2.75) is 13.3 Å². The lowest BCUT2D eigenvalue weighted by atomic mass is 9.93. The Morgan fingerprint density at radius 1 is 1.41 bits per heavy atom. The van der Waals surface area contributed by atoms with Crippen LogP contribution < -0.4 is 5.32 Å². The molecule has 2 aliphatic rings. The van der Waals surface area contributed by atoms with Crippen LogP contribution in [-0.4, -0.2) is 11.6 Å². The fraction of sp³-hybridized carbons (Fsp3) is 0.200. The van der Waals surface area contributed by atoms with Gasteiger partial charge in [0.25, 0.3) is 5.91 Å². The van der Waals surface area contributed by atoms with E-state index in [1.54, 1.807) is 6.92 Å². The number of amides is 1. The van der Waals surface area contributed by atoms with Crippen molar-refractivity contribution in [3.05, 3.63) is 52.3 Å². The molecule has 1 unspecified atom stereocenters. The quantitative estimate of drug-likeness (QED) is 0.897. The second-order valence-corrected chi connectivity index (χ2v) is 5.45. The van der Waals surface area contributed by atoms with Crippen molar-refractivity contribution in [1.82, 2.24) is 0 Å². The van der Waals surface area contributed by atoms with E-state index >= 15 is 0 Å². The minimum Gasteiger partial charge on any atom is -0.360 e.